The molecule has 2 amide bonds. The zero-order valence-corrected chi connectivity index (χ0v) is 16.0. The molecule has 28 heavy (non-hydrogen) atoms. The summed E-state index contributed by atoms with van der Waals surface area (Å²) < 4.78 is 5.52. The van der Waals surface area contributed by atoms with Crippen molar-refractivity contribution in [2.45, 2.75) is 38.3 Å². The highest BCUT2D eigenvalue weighted by Gasteiger charge is 2.32. The van der Waals surface area contributed by atoms with Gasteiger partial charge >= 0.3 is 0 Å². The van der Waals surface area contributed by atoms with Gasteiger partial charge in [-0.2, -0.15) is 5.26 Å². The van der Waals surface area contributed by atoms with Crippen molar-refractivity contribution < 1.29 is 14.0 Å². The smallest absolute Gasteiger partial charge is 0.255 e. The Balaban J connectivity index is 1.33. The molecule has 2 aliphatic rings. The fourth-order valence-corrected chi connectivity index (χ4v) is 4.15. The van der Waals surface area contributed by atoms with Crippen LogP contribution in [0.3, 0.4) is 0 Å². The SMILES string of the molecule is Cc1ccc2c(C(=O)N[C@H]3CCN(CC(=O)N4CCC[C@H]4C#N)C3)coc2c1. The van der Waals surface area contributed by atoms with Crippen molar-refractivity contribution >= 4 is 22.8 Å². The third-order valence-corrected chi connectivity index (χ3v) is 5.66. The van der Waals surface area contributed by atoms with Crippen molar-refractivity contribution in [3.63, 3.8) is 0 Å². The molecule has 0 spiro atoms. The maximum atomic E-state index is 12.7. The average Bonchev–Trinajstić information content (AvgIpc) is 3.40. The molecule has 0 saturated carbocycles. The molecule has 2 aliphatic heterocycles. The van der Waals surface area contributed by atoms with E-state index in [1.807, 2.05) is 25.1 Å². The Morgan fingerprint density at radius 3 is 3.00 bits per heavy atom. The van der Waals surface area contributed by atoms with Crippen LogP contribution < -0.4 is 5.32 Å². The maximum Gasteiger partial charge on any atom is 0.255 e. The fraction of sp³-hybridized carbons (Fsp3) is 0.476. The van der Waals surface area contributed by atoms with Crippen LogP contribution in [-0.2, 0) is 4.79 Å². The number of nitrogens with one attached hydrogen (secondary N) is 1. The molecule has 0 aliphatic carbocycles. The molecular formula is C21H24N4O3. The molecule has 2 aromatic rings. The molecule has 0 bridgehead atoms. The van der Waals surface area contributed by atoms with Gasteiger partial charge < -0.3 is 14.6 Å². The lowest BCUT2D eigenvalue weighted by molar-refractivity contribution is -0.132. The lowest BCUT2D eigenvalue weighted by Crippen LogP contribution is -2.43. The Morgan fingerprint density at radius 1 is 1.32 bits per heavy atom. The number of carbonyl (C=O) groups excluding carboxylic acids is 2. The van der Waals surface area contributed by atoms with Gasteiger partial charge in [-0.15, -0.1) is 0 Å². The van der Waals surface area contributed by atoms with Crippen LogP contribution in [0.1, 0.15) is 35.2 Å². The molecule has 2 atom stereocenters. The van der Waals surface area contributed by atoms with E-state index in [4.69, 9.17) is 9.68 Å². The molecule has 7 nitrogen and oxygen atoms in total. The Labute approximate surface area is 163 Å². The Morgan fingerprint density at radius 2 is 2.18 bits per heavy atom. The highest BCUT2D eigenvalue weighted by Crippen LogP contribution is 2.23. The van der Waals surface area contributed by atoms with E-state index in [0.29, 0.717) is 30.8 Å². The average molecular weight is 380 g/mol. The molecule has 3 heterocycles. The third-order valence-electron chi connectivity index (χ3n) is 5.66. The van der Waals surface area contributed by atoms with Gasteiger partial charge in [-0.1, -0.05) is 12.1 Å². The van der Waals surface area contributed by atoms with Gasteiger partial charge in [0.2, 0.25) is 5.91 Å². The molecule has 146 valence electrons. The maximum absolute atomic E-state index is 12.7. The topological polar surface area (TPSA) is 89.6 Å². The van der Waals surface area contributed by atoms with E-state index in [0.717, 1.165) is 36.8 Å². The molecule has 1 N–H and O–H groups in total. The highest BCUT2D eigenvalue weighted by molar-refractivity contribution is 6.06. The van der Waals surface area contributed by atoms with Gasteiger partial charge in [-0.05, 0) is 37.8 Å². The third kappa shape index (κ3) is 3.60. The second-order valence-electron chi connectivity index (χ2n) is 7.72. The largest absolute Gasteiger partial charge is 0.463 e. The van der Waals surface area contributed by atoms with E-state index >= 15 is 0 Å². The summed E-state index contributed by atoms with van der Waals surface area (Å²) >= 11 is 0. The van der Waals surface area contributed by atoms with Crippen molar-refractivity contribution in [3.8, 4) is 6.07 Å². The number of furan rings is 1. The number of fused-ring (bicyclic) bond motifs is 1. The minimum atomic E-state index is -0.288. The summed E-state index contributed by atoms with van der Waals surface area (Å²) in [5, 5.41) is 13.0. The summed E-state index contributed by atoms with van der Waals surface area (Å²) in [5.74, 6) is -0.142. The predicted octanol–water partition coefficient (Wildman–Crippen LogP) is 2.06. The summed E-state index contributed by atoms with van der Waals surface area (Å²) in [4.78, 5) is 28.9. The molecule has 2 saturated heterocycles. The quantitative estimate of drug-likeness (QED) is 0.877. The number of amides is 2. The van der Waals surface area contributed by atoms with Crippen LogP contribution in [0.2, 0.25) is 0 Å². The van der Waals surface area contributed by atoms with Crippen molar-refractivity contribution in [1.82, 2.24) is 15.1 Å². The predicted molar refractivity (Wildman–Crippen MR) is 104 cm³/mol. The number of nitrogens with zero attached hydrogens (tertiary/aromatic N) is 3. The van der Waals surface area contributed by atoms with Crippen LogP contribution in [0.5, 0.6) is 0 Å². The number of carbonyl (C=O) groups is 2. The highest BCUT2D eigenvalue weighted by atomic mass is 16.3. The lowest BCUT2D eigenvalue weighted by Gasteiger charge is -2.23. The van der Waals surface area contributed by atoms with Gasteiger partial charge in [0.15, 0.2) is 0 Å². The lowest BCUT2D eigenvalue weighted by atomic mass is 10.1. The summed E-state index contributed by atoms with van der Waals surface area (Å²) in [6.45, 7) is 4.35. The number of aryl methyl sites for hydroxylation is 1. The first kappa shape index (κ1) is 18.5. The summed E-state index contributed by atoms with van der Waals surface area (Å²) in [5.41, 5.74) is 2.33. The van der Waals surface area contributed by atoms with Gasteiger partial charge in [0.25, 0.3) is 5.91 Å². The van der Waals surface area contributed by atoms with E-state index < -0.39 is 0 Å². The first-order valence-electron chi connectivity index (χ1n) is 9.75. The summed E-state index contributed by atoms with van der Waals surface area (Å²) in [6, 6.07) is 7.71. The Kier molecular flexibility index (Phi) is 5.05. The minimum absolute atomic E-state index is 0.000963. The molecule has 1 aromatic carbocycles. The Bertz CT molecular complexity index is 945. The molecule has 4 rings (SSSR count). The minimum Gasteiger partial charge on any atom is -0.463 e. The summed E-state index contributed by atoms with van der Waals surface area (Å²) in [6.07, 6.45) is 3.96. The van der Waals surface area contributed by atoms with E-state index in [1.54, 1.807) is 4.90 Å². The first-order valence-corrected chi connectivity index (χ1v) is 9.75. The van der Waals surface area contributed by atoms with Crippen molar-refractivity contribution in [2.75, 3.05) is 26.2 Å². The second-order valence-corrected chi connectivity index (χ2v) is 7.72. The number of nitriles is 1. The van der Waals surface area contributed by atoms with Gasteiger partial charge in [0.05, 0.1) is 18.2 Å². The van der Waals surface area contributed by atoms with E-state index in [-0.39, 0.29) is 23.9 Å². The van der Waals surface area contributed by atoms with Crippen molar-refractivity contribution in [2.24, 2.45) is 0 Å². The summed E-state index contributed by atoms with van der Waals surface area (Å²) in [7, 11) is 0. The van der Waals surface area contributed by atoms with E-state index in [2.05, 4.69) is 16.3 Å². The van der Waals surface area contributed by atoms with Gasteiger partial charge in [-0.25, -0.2) is 0 Å². The van der Waals surface area contributed by atoms with Crippen LogP contribution in [-0.4, -0.2) is 59.9 Å². The van der Waals surface area contributed by atoms with Gasteiger partial charge in [0.1, 0.15) is 17.9 Å². The van der Waals surface area contributed by atoms with Gasteiger partial charge in [0, 0.05) is 31.1 Å². The molecule has 1 aromatic heterocycles. The number of hydrogen-bond acceptors (Lipinski definition) is 5. The van der Waals surface area contributed by atoms with Gasteiger partial charge in [-0.3, -0.25) is 14.5 Å². The van der Waals surface area contributed by atoms with Crippen LogP contribution >= 0.6 is 0 Å². The first-order chi connectivity index (χ1) is 13.5. The van der Waals surface area contributed by atoms with Crippen molar-refractivity contribution in [1.29, 1.82) is 5.26 Å². The zero-order valence-electron chi connectivity index (χ0n) is 16.0. The molecule has 2 fully saturated rings. The number of rotatable bonds is 4. The molecule has 7 heteroatoms. The van der Waals surface area contributed by atoms with E-state index in [9.17, 15) is 9.59 Å². The number of likely N-dealkylation sites (tertiary alicyclic amines) is 2. The number of hydrogen-bond donors (Lipinski definition) is 1. The monoisotopic (exact) mass is 380 g/mol. The number of benzene rings is 1. The second kappa shape index (κ2) is 7.64. The zero-order chi connectivity index (χ0) is 19.7. The van der Waals surface area contributed by atoms with E-state index in [1.165, 1.54) is 6.26 Å². The standard InChI is InChI=1S/C21H24N4O3/c1-14-4-5-17-18(13-28-19(17)9-14)21(27)23-15-6-8-24(11-15)12-20(26)25-7-2-3-16(25)10-22/h4-5,9,13,15-16H,2-3,6-8,11-12H2,1H3,(H,23,27)/t15-,16-/m0/s1. The van der Waals surface area contributed by atoms with Crippen LogP contribution in [0.25, 0.3) is 11.0 Å². The van der Waals surface area contributed by atoms with Crippen LogP contribution in [0.15, 0.2) is 28.9 Å². The fourth-order valence-electron chi connectivity index (χ4n) is 4.15. The molecular weight excluding hydrogens is 356 g/mol. The van der Waals surface area contributed by atoms with Crippen LogP contribution in [0, 0.1) is 18.3 Å². The molecule has 0 unspecified atom stereocenters. The Hall–Kier alpha value is -2.85. The molecule has 0 radical (unpaired) electrons. The normalized spacial score (nSPS) is 22.5. The van der Waals surface area contributed by atoms with Crippen LogP contribution in [0.4, 0.5) is 0 Å². The van der Waals surface area contributed by atoms with Crippen molar-refractivity contribution in [3.05, 3.63) is 35.6 Å².